The lowest BCUT2D eigenvalue weighted by molar-refractivity contribution is -0.116. The second-order valence-electron chi connectivity index (χ2n) is 6.86. The van der Waals surface area contributed by atoms with E-state index in [4.69, 9.17) is 23.7 Å². The van der Waals surface area contributed by atoms with Gasteiger partial charge in [0.1, 0.15) is 6.54 Å². The molecule has 0 aromatic heterocycles. The number of anilines is 2. The second kappa shape index (κ2) is 8.50. The maximum Gasteiger partial charge on any atom is 0.325 e. The average Bonchev–Trinajstić information content (AvgIpc) is 3.39. The van der Waals surface area contributed by atoms with E-state index in [9.17, 15) is 9.59 Å². The molecule has 0 radical (unpaired) electrons. The minimum absolute atomic E-state index is 0.0868. The smallest absolute Gasteiger partial charge is 0.325 e. The van der Waals surface area contributed by atoms with E-state index in [0.717, 1.165) is 0 Å². The molecule has 0 unspecified atom stereocenters. The highest BCUT2D eigenvalue weighted by Crippen LogP contribution is 2.40. The number of carbonyl (C=O) groups excluding carboxylic acids is 2. The highest BCUT2D eigenvalue weighted by atomic mass is 16.7. The molecule has 2 aliphatic rings. The molecule has 2 aromatic rings. The molecule has 10 heteroatoms. The first-order valence-electron chi connectivity index (χ1n) is 9.60. The summed E-state index contributed by atoms with van der Waals surface area (Å²) in [6.07, 6.45) is 0. The van der Waals surface area contributed by atoms with Gasteiger partial charge in [-0.05, 0) is 12.1 Å². The highest BCUT2D eigenvalue weighted by molar-refractivity contribution is 5.99. The molecule has 0 aliphatic carbocycles. The van der Waals surface area contributed by atoms with Crippen molar-refractivity contribution in [3.8, 4) is 28.7 Å². The summed E-state index contributed by atoms with van der Waals surface area (Å²) in [5, 5.41) is 2.78. The maximum absolute atomic E-state index is 12.8. The van der Waals surface area contributed by atoms with Gasteiger partial charge in [0.25, 0.3) is 0 Å². The summed E-state index contributed by atoms with van der Waals surface area (Å²) < 4.78 is 26.6. The molecule has 31 heavy (non-hydrogen) atoms. The molecule has 3 amide bonds. The van der Waals surface area contributed by atoms with Crippen molar-refractivity contribution >= 4 is 23.3 Å². The minimum Gasteiger partial charge on any atom is -0.493 e. The van der Waals surface area contributed by atoms with E-state index in [1.807, 2.05) is 0 Å². The molecule has 1 saturated heterocycles. The molecule has 2 heterocycles. The zero-order valence-corrected chi connectivity index (χ0v) is 17.5. The fraction of sp³-hybridized carbons (Fsp3) is 0.333. The number of urea groups is 1. The molecule has 2 aliphatic heterocycles. The molecule has 2 aromatic carbocycles. The molecular weight excluding hydrogens is 406 g/mol. The van der Waals surface area contributed by atoms with Gasteiger partial charge in [-0.25, -0.2) is 4.79 Å². The molecule has 10 nitrogen and oxygen atoms in total. The molecular formula is C21H23N3O7. The number of ether oxygens (including phenoxy) is 5. The molecule has 0 saturated carbocycles. The Kier molecular flexibility index (Phi) is 5.61. The van der Waals surface area contributed by atoms with Gasteiger partial charge in [0.2, 0.25) is 18.4 Å². The summed E-state index contributed by atoms with van der Waals surface area (Å²) >= 11 is 0. The van der Waals surface area contributed by atoms with Gasteiger partial charge in [-0.3, -0.25) is 9.69 Å². The van der Waals surface area contributed by atoms with Crippen molar-refractivity contribution in [2.24, 2.45) is 0 Å². The lowest BCUT2D eigenvalue weighted by Gasteiger charge is -2.19. The number of methoxy groups -OCH3 is 3. The largest absolute Gasteiger partial charge is 0.493 e. The van der Waals surface area contributed by atoms with Crippen LogP contribution in [0.5, 0.6) is 28.7 Å². The topological polar surface area (TPSA) is 98.8 Å². The number of hydrogen-bond donors (Lipinski definition) is 1. The van der Waals surface area contributed by atoms with Crippen LogP contribution in [0.2, 0.25) is 0 Å². The Bertz CT molecular complexity index is 985. The van der Waals surface area contributed by atoms with Crippen molar-refractivity contribution in [1.82, 2.24) is 4.90 Å². The Morgan fingerprint density at radius 1 is 1.00 bits per heavy atom. The van der Waals surface area contributed by atoms with Gasteiger partial charge >= 0.3 is 6.03 Å². The van der Waals surface area contributed by atoms with Crippen LogP contribution in [0.25, 0.3) is 0 Å². The number of fused-ring (bicyclic) bond motifs is 1. The predicted octanol–water partition coefficient (Wildman–Crippen LogP) is 2.32. The fourth-order valence-electron chi connectivity index (χ4n) is 3.55. The highest BCUT2D eigenvalue weighted by Gasteiger charge is 2.32. The molecule has 164 valence electrons. The van der Waals surface area contributed by atoms with Crippen LogP contribution in [-0.2, 0) is 4.79 Å². The Balaban J connectivity index is 1.42. The van der Waals surface area contributed by atoms with Gasteiger partial charge in [0, 0.05) is 42.7 Å². The monoisotopic (exact) mass is 429 g/mol. The first kappa shape index (κ1) is 20.5. The van der Waals surface area contributed by atoms with Gasteiger partial charge < -0.3 is 33.9 Å². The van der Waals surface area contributed by atoms with E-state index in [2.05, 4.69) is 5.32 Å². The molecule has 0 spiro atoms. The summed E-state index contributed by atoms with van der Waals surface area (Å²) in [6, 6.07) is 8.34. The van der Waals surface area contributed by atoms with Crippen molar-refractivity contribution in [3.05, 3.63) is 30.3 Å². The Hall–Kier alpha value is -3.82. The standard InChI is InChI=1S/C21H23N3O7/c1-27-17-8-13(9-18(28-2)20(17)29-3)22-19(25)11-23-6-7-24(21(23)26)14-4-5-15-16(10-14)31-12-30-15/h4-5,8-10H,6-7,11-12H2,1-3H3,(H,22,25). The van der Waals surface area contributed by atoms with Crippen LogP contribution in [0.3, 0.4) is 0 Å². The van der Waals surface area contributed by atoms with Crippen molar-refractivity contribution in [3.63, 3.8) is 0 Å². The van der Waals surface area contributed by atoms with Crippen LogP contribution in [0.4, 0.5) is 16.2 Å². The molecule has 0 atom stereocenters. The van der Waals surface area contributed by atoms with E-state index >= 15 is 0 Å². The van der Waals surface area contributed by atoms with Crippen molar-refractivity contribution < 1.29 is 33.3 Å². The molecule has 1 fully saturated rings. The predicted molar refractivity (Wildman–Crippen MR) is 112 cm³/mol. The summed E-state index contributed by atoms with van der Waals surface area (Å²) in [5.41, 5.74) is 1.17. The normalized spacial score (nSPS) is 14.6. The molecule has 0 bridgehead atoms. The van der Waals surface area contributed by atoms with Gasteiger partial charge in [-0.1, -0.05) is 0 Å². The second-order valence-corrected chi connectivity index (χ2v) is 6.86. The number of amides is 3. The lowest BCUT2D eigenvalue weighted by Crippen LogP contribution is -2.37. The van der Waals surface area contributed by atoms with Crippen molar-refractivity contribution in [2.45, 2.75) is 0 Å². The van der Waals surface area contributed by atoms with E-state index < -0.39 is 0 Å². The third-order valence-corrected chi connectivity index (χ3v) is 5.05. The van der Waals surface area contributed by atoms with Crippen molar-refractivity contribution in [2.75, 3.05) is 58.0 Å². The zero-order chi connectivity index (χ0) is 22.0. The van der Waals surface area contributed by atoms with Crippen LogP contribution in [0.1, 0.15) is 0 Å². The number of nitrogens with one attached hydrogen (secondary N) is 1. The summed E-state index contributed by atoms with van der Waals surface area (Å²) in [6.45, 7) is 0.975. The number of benzene rings is 2. The fourth-order valence-corrected chi connectivity index (χ4v) is 3.55. The van der Waals surface area contributed by atoms with Crippen LogP contribution in [0, 0.1) is 0 Å². The summed E-state index contributed by atoms with van der Waals surface area (Å²) in [4.78, 5) is 28.5. The third-order valence-electron chi connectivity index (χ3n) is 5.05. The Labute approximate surface area is 179 Å². The average molecular weight is 429 g/mol. The first-order valence-corrected chi connectivity index (χ1v) is 9.60. The molecule has 4 rings (SSSR count). The van der Waals surface area contributed by atoms with Gasteiger partial charge in [0.15, 0.2) is 23.0 Å². The van der Waals surface area contributed by atoms with E-state index in [1.54, 1.807) is 35.2 Å². The van der Waals surface area contributed by atoms with Crippen LogP contribution < -0.4 is 33.9 Å². The SMILES string of the molecule is COc1cc(NC(=O)CN2CCN(c3ccc4c(c3)OCO4)C2=O)cc(OC)c1OC. The van der Waals surface area contributed by atoms with Crippen LogP contribution in [-0.4, -0.2) is 64.6 Å². The lowest BCUT2D eigenvalue weighted by atomic mass is 10.2. The van der Waals surface area contributed by atoms with E-state index in [1.165, 1.54) is 26.2 Å². The summed E-state index contributed by atoms with van der Waals surface area (Å²) in [7, 11) is 4.50. The van der Waals surface area contributed by atoms with Crippen molar-refractivity contribution in [1.29, 1.82) is 0 Å². The maximum atomic E-state index is 12.8. The minimum atomic E-state index is -0.338. The van der Waals surface area contributed by atoms with Gasteiger partial charge in [-0.2, -0.15) is 0 Å². The van der Waals surface area contributed by atoms with Crippen LogP contribution >= 0.6 is 0 Å². The number of rotatable bonds is 7. The Morgan fingerprint density at radius 2 is 1.71 bits per heavy atom. The van der Waals surface area contributed by atoms with Gasteiger partial charge in [-0.15, -0.1) is 0 Å². The number of nitrogens with zero attached hydrogens (tertiary/aromatic N) is 2. The van der Waals surface area contributed by atoms with E-state index in [0.29, 0.717) is 53.2 Å². The third kappa shape index (κ3) is 3.96. The zero-order valence-electron chi connectivity index (χ0n) is 17.5. The number of hydrogen-bond acceptors (Lipinski definition) is 7. The quantitative estimate of drug-likeness (QED) is 0.721. The van der Waals surface area contributed by atoms with Gasteiger partial charge in [0.05, 0.1) is 21.3 Å². The molecule has 1 N–H and O–H groups in total. The summed E-state index contributed by atoms with van der Waals surface area (Å²) in [5.74, 6) is 2.18. The van der Waals surface area contributed by atoms with Crippen LogP contribution in [0.15, 0.2) is 30.3 Å². The first-order chi connectivity index (χ1) is 15.0. The number of carbonyl (C=O) groups is 2. The Morgan fingerprint density at radius 3 is 2.39 bits per heavy atom. The van der Waals surface area contributed by atoms with E-state index in [-0.39, 0.29) is 25.3 Å².